The Kier molecular flexibility index (Phi) is 4.08. The van der Waals surface area contributed by atoms with Gasteiger partial charge >= 0.3 is 0 Å². The van der Waals surface area contributed by atoms with Gasteiger partial charge in [0.15, 0.2) is 0 Å². The first-order valence-corrected chi connectivity index (χ1v) is 7.57. The average molecular weight is 322 g/mol. The summed E-state index contributed by atoms with van der Waals surface area (Å²) in [5.74, 6) is -0.734. The topological polar surface area (TPSA) is 60.3 Å². The number of hydrogen-bond donors (Lipinski definition) is 1. The number of ether oxygens (including phenoxy) is 1. The van der Waals surface area contributed by atoms with E-state index in [1.807, 2.05) is 42.8 Å². The van der Waals surface area contributed by atoms with Crippen LogP contribution in [-0.4, -0.2) is 23.4 Å². The van der Waals surface area contributed by atoms with E-state index in [4.69, 9.17) is 4.74 Å². The molecular formula is C19H18N2O3. The van der Waals surface area contributed by atoms with Crippen molar-refractivity contribution in [1.29, 1.82) is 0 Å². The van der Waals surface area contributed by atoms with E-state index in [2.05, 4.69) is 5.32 Å². The van der Waals surface area contributed by atoms with E-state index in [1.54, 1.807) is 24.3 Å². The van der Waals surface area contributed by atoms with Crippen LogP contribution in [0.3, 0.4) is 0 Å². The molecular weight excluding hydrogens is 304 g/mol. The standard InChI is InChI=1S/C19H18N2O3/c1-12-17(13-8-4-6-10-15(13)21(12)2)18(22)19(23)20-14-9-5-7-11-16(14)24-3/h4-11H,1-3H3,(H,20,23). The van der Waals surface area contributed by atoms with Crippen molar-refractivity contribution < 1.29 is 14.3 Å². The second kappa shape index (κ2) is 6.20. The van der Waals surface area contributed by atoms with Crippen molar-refractivity contribution in [2.24, 2.45) is 7.05 Å². The molecule has 5 heteroatoms. The number of para-hydroxylation sites is 3. The highest BCUT2D eigenvalue weighted by atomic mass is 16.5. The Bertz CT molecular complexity index is 941. The Morgan fingerprint density at radius 2 is 1.71 bits per heavy atom. The van der Waals surface area contributed by atoms with Gasteiger partial charge in [-0.15, -0.1) is 0 Å². The first kappa shape index (κ1) is 15.8. The van der Waals surface area contributed by atoms with Gasteiger partial charge in [-0.05, 0) is 25.1 Å². The number of methoxy groups -OCH3 is 1. The normalized spacial score (nSPS) is 10.6. The van der Waals surface area contributed by atoms with Crippen LogP contribution in [0.25, 0.3) is 10.9 Å². The fraction of sp³-hybridized carbons (Fsp3) is 0.158. The van der Waals surface area contributed by atoms with E-state index in [9.17, 15) is 9.59 Å². The highest BCUT2D eigenvalue weighted by Gasteiger charge is 2.24. The van der Waals surface area contributed by atoms with Crippen molar-refractivity contribution >= 4 is 28.3 Å². The number of benzene rings is 2. The summed E-state index contributed by atoms with van der Waals surface area (Å²) >= 11 is 0. The molecule has 3 aromatic rings. The first-order chi connectivity index (χ1) is 11.5. The number of aryl methyl sites for hydroxylation is 1. The van der Waals surface area contributed by atoms with Crippen LogP contribution in [0.1, 0.15) is 16.1 Å². The smallest absolute Gasteiger partial charge is 0.296 e. The third-order valence-electron chi connectivity index (χ3n) is 4.19. The summed E-state index contributed by atoms with van der Waals surface area (Å²) in [6.45, 7) is 1.84. The molecule has 0 spiro atoms. The number of amides is 1. The van der Waals surface area contributed by atoms with Crippen molar-refractivity contribution in [2.75, 3.05) is 12.4 Å². The Labute approximate surface area is 139 Å². The number of nitrogens with one attached hydrogen (secondary N) is 1. The molecule has 1 amide bonds. The van der Waals surface area contributed by atoms with Crippen LogP contribution in [0, 0.1) is 6.92 Å². The van der Waals surface area contributed by atoms with Crippen molar-refractivity contribution in [2.45, 2.75) is 6.92 Å². The molecule has 1 heterocycles. The summed E-state index contributed by atoms with van der Waals surface area (Å²) in [4.78, 5) is 25.2. The lowest BCUT2D eigenvalue weighted by Gasteiger charge is -2.09. The lowest BCUT2D eigenvalue weighted by Crippen LogP contribution is -2.23. The quantitative estimate of drug-likeness (QED) is 0.592. The largest absolute Gasteiger partial charge is 0.495 e. The molecule has 0 unspecified atom stereocenters. The van der Waals surface area contributed by atoms with Gasteiger partial charge in [-0.3, -0.25) is 9.59 Å². The molecule has 0 fully saturated rings. The van der Waals surface area contributed by atoms with Crippen molar-refractivity contribution in [3.05, 3.63) is 59.8 Å². The summed E-state index contributed by atoms with van der Waals surface area (Å²) < 4.78 is 7.12. The predicted octanol–water partition coefficient (Wildman–Crippen LogP) is 3.32. The molecule has 0 bridgehead atoms. The molecule has 24 heavy (non-hydrogen) atoms. The zero-order chi connectivity index (χ0) is 17.3. The van der Waals surface area contributed by atoms with Gasteiger partial charge in [0.1, 0.15) is 5.75 Å². The van der Waals surface area contributed by atoms with Crippen LogP contribution >= 0.6 is 0 Å². The molecule has 3 rings (SSSR count). The third kappa shape index (κ3) is 2.54. The number of fused-ring (bicyclic) bond motifs is 1. The van der Waals surface area contributed by atoms with Gasteiger partial charge < -0.3 is 14.6 Å². The molecule has 0 radical (unpaired) electrons. The first-order valence-electron chi connectivity index (χ1n) is 7.57. The number of carbonyl (C=O) groups is 2. The molecule has 0 aliphatic carbocycles. The molecule has 0 atom stereocenters. The van der Waals surface area contributed by atoms with Gasteiger partial charge in [0.25, 0.3) is 11.7 Å². The second-order valence-electron chi connectivity index (χ2n) is 5.52. The van der Waals surface area contributed by atoms with Crippen LogP contribution in [0.4, 0.5) is 5.69 Å². The SMILES string of the molecule is COc1ccccc1NC(=O)C(=O)c1c(C)n(C)c2ccccc12. The van der Waals surface area contributed by atoms with E-state index in [0.717, 1.165) is 16.6 Å². The molecule has 0 saturated heterocycles. The minimum Gasteiger partial charge on any atom is -0.495 e. The van der Waals surface area contributed by atoms with E-state index in [-0.39, 0.29) is 0 Å². The van der Waals surface area contributed by atoms with Gasteiger partial charge in [0.2, 0.25) is 0 Å². The highest BCUT2D eigenvalue weighted by Crippen LogP contribution is 2.27. The molecule has 0 aliphatic heterocycles. The van der Waals surface area contributed by atoms with E-state index >= 15 is 0 Å². The molecule has 0 saturated carbocycles. The van der Waals surface area contributed by atoms with E-state index in [0.29, 0.717) is 17.0 Å². The summed E-state index contributed by atoms with van der Waals surface area (Å²) in [6.07, 6.45) is 0. The van der Waals surface area contributed by atoms with Crippen molar-refractivity contribution in [3.63, 3.8) is 0 Å². The molecule has 122 valence electrons. The van der Waals surface area contributed by atoms with Crippen LogP contribution < -0.4 is 10.1 Å². The minimum absolute atomic E-state index is 0.431. The Morgan fingerprint density at radius 1 is 1.04 bits per heavy atom. The van der Waals surface area contributed by atoms with Crippen LogP contribution in [-0.2, 0) is 11.8 Å². The zero-order valence-corrected chi connectivity index (χ0v) is 13.8. The summed E-state index contributed by atoms with van der Waals surface area (Å²) in [6, 6.07) is 14.5. The van der Waals surface area contributed by atoms with Gasteiger partial charge in [-0.1, -0.05) is 30.3 Å². The molecule has 5 nitrogen and oxygen atoms in total. The van der Waals surface area contributed by atoms with Crippen LogP contribution in [0.2, 0.25) is 0 Å². The van der Waals surface area contributed by atoms with Gasteiger partial charge in [-0.2, -0.15) is 0 Å². The fourth-order valence-corrected chi connectivity index (χ4v) is 2.85. The summed E-state index contributed by atoms with van der Waals surface area (Å²) in [5.41, 5.74) is 2.58. The number of anilines is 1. The number of Topliss-reactive ketones (excluding diaryl/α,β-unsaturated/α-hetero) is 1. The molecule has 0 aliphatic rings. The Hall–Kier alpha value is -3.08. The number of ketones is 1. The van der Waals surface area contributed by atoms with Crippen LogP contribution in [0.15, 0.2) is 48.5 Å². The summed E-state index contributed by atoms with van der Waals surface area (Å²) in [7, 11) is 3.40. The minimum atomic E-state index is -0.682. The third-order valence-corrected chi connectivity index (χ3v) is 4.19. The number of aromatic nitrogens is 1. The van der Waals surface area contributed by atoms with Gasteiger partial charge in [0, 0.05) is 23.6 Å². The number of nitrogens with zero attached hydrogens (tertiary/aromatic N) is 1. The highest BCUT2D eigenvalue weighted by molar-refractivity contribution is 6.48. The van der Waals surface area contributed by atoms with Gasteiger partial charge in [0.05, 0.1) is 18.4 Å². The number of hydrogen-bond acceptors (Lipinski definition) is 3. The Balaban J connectivity index is 1.98. The molecule has 1 aromatic heterocycles. The predicted molar refractivity (Wildman–Crippen MR) is 93.6 cm³/mol. The maximum absolute atomic E-state index is 12.7. The van der Waals surface area contributed by atoms with E-state index < -0.39 is 11.7 Å². The monoisotopic (exact) mass is 322 g/mol. The molecule has 2 aromatic carbocycles. The van der Waals surface area contributed by atoms with Crippen LogP contribution in [0.5, 0.6) is 5.75 Å². The summed E-state index contributed by atoms with van der Waals surface area (Å²) in [5, 5.41) is 3.41. The van der Waals surface area contributed by atoms with Gasteiger partial charge in [-0.25, -0.2) is 0 Å². The average Bonchev–Trinajstić information content (AvgIpc) is 2.86. The maximum Gasteiger partial charge on any atom is 0.296 e. The molecule has 1 N–H and O–H groups in total. The Morgan fingerprint density at radius 3 is 2.46 bits per heavy atom. The van der Waals surface area contributed by atoms with E-state index in [1.165, 1.54) is 7.11 Å². The number of carbonyl (C=O) groups excluding carboxylic acids is 2. The lowest BCUT2D eigenvalue weighted by atomic mass is 10.1. The number of rotatable bonds is 4. The fourth-order valence-electron chi connectivity index (χ4n) is 2.85. The van der Waals surface area contributed by atoms with Crippen molar-refractivity contribution in [3.8, 4) is 5.75 Å². The zero-order valence-electron chi connectivity index (χ0n) is 13.8. The van der Waals surface area contributed by atoms with Crippen molar-refractivity contribution in [1.82, 2.24) is 4.57 Å². The maximum atomic E-state index is 12.7. The lowest BCUT2D eigenvalue weighted by molar-refractivity contribution is -0.112. The second-order valence-corrected chi connectivity index (χ2v) is 5.52.